The molecule has 0 heterocycles. The summed E-state index contributed by atoms with van der Waals surface area (Å²) in [6, 6.07) is 12.7. The molecule has 0 radical (unpaired) electrons. The summed E-state index contributed by atoms with van der Waals surface area (Å²) in [6.07, 6.45) is 3.12. The van der Waals surface area contributed by atoms with Crippen LogP contribution in [0.4, 0.5) is 11.4 Å². The monoisotopic (exact) mass is 292 g/mol. The maximum absolute atomic E-state index is 11.9. The number of fused-ring (bicyclic) bond motifs is 1. The van der Waals surface area contributed by atoms with Crippen molar-refractivity contribution in [3.8, 4) is 5.75 Å². The molecule has 0 spiro atoms. The van der Waals surface area contributed by atoms with E-state index in [0.29, 0.717) is 16.8 Å². The minimum absolute atomic E-state index is 0.0684. The molecule has 2 aromatic carbocycles. The molecule has 4 nitrogen and oxygen atoms in total. The third-order valence-corrected chi connectivity index (χ3v) is 3.57. The molecule has 1 N–H and O–H groups in total. The van der Waals surface area contributed by atoms with Gasteiger partial charge in [-0.1, -0.05) is 12.1 Å². The lowest BCUT2D eigenvalue weighted by Crippen LogP contribution is -2.12. The Morgan fingerprint density at radius 2 is 1.73 bits per heavy atom. The van der Waals surface area contributed by atoms with E-state index in [1.165, 1.54) is 6.08 Å². The van der Waals surface area contributed by atoms with E-state index in [1.807, 2.05) is 43.3 Å². The Hall–Kier alpha value is -2.88. The second-order valence-corrected chi connectivity index (χ2v) is 5.31. The summed E-state index contributed by atoms with van der Waals surface area (Å²) in [7, 11) is 3.95. The van der Waals surface area contributed by atoms with Gasteiger partial charge in [0.1, 0.15) is 5.75 Å². The van der Waals surface area contributed by atoms with Crippen LogP contribution in [-0.4, -0.2) is 30.7 Å². The Labute approximate surface area is 129 Å². The van der Waals surface area contributed by atoms with Crippen LogP contribution >= 0.6 is 0 Å². The standard InChI is InChI=1S/C18H16N2O2/c1-20(2)13-8-6-12(7-9-13)19-15-10-11-16(21)14-4-3-5-17(22)18(14)15/h3-11,22H,1-2H3. The van der Waals surface area contributed by atoms with Gasteiger partial charge in [0.15, 0.2) is 5.78 Å². The number of rotatable bonds is 2. The maximum atomic E-state index is 11.9. The summed E-state index contributed by atoms with van der Waals surface area (Å²) in [6.45, 7) is 0. The number of carbonyl (C=O) groups excluding carboxylic acids is 1. The molecule has 1 aliphatic rings. The number of benzene rings is 2. The van der Waals surface area contributed by atoms with E-state index in [1.54, 1.807) is 24.3 Å². The number of phenolic OH excluding ortho intramolecular Hbond substituents is 1. The van der Waals surface area contributed by atoms with Crippen molar-refractivity contribution in [2.75, 3.05) is 19.0 Å². The van der Waals surface area contributed by atoms with Crippen LogP contribution in [0.1, 0.15) is 15.9 Å². The van der Waals surface area contributed by atoms with E-state index in [4.69, 9.17) is 0 Å². The Morgan fingerprint density at radius 3 is 2.41 bits per heavy atom. The van der Waals surface area contributed by atoms with Crippen molar-refractivity contribution in [2.24, 2.45) is 4.99 Å². The third kappa shape index (κ3) is 2.51. The van der Waals surface area contributed by atoms with Crippen LogP contribution in [0, 0.1) is 0 Å². The number of ketones is 1. The predicted octanol–water partition coefficient (Wildman–Crippen LogP) is 3.33. The number of hydrogen-bond acceptors (Lipinski definition) is 4. The fourth-order valence-corrected chi connectivity index (χ4v) is 2.40. The van der Waals surface area contributed by atoms with Gasteiger partial charge in [0, 0.05) is 25.3 Å². The van der Waals surface area contributed by atoms with Gasteiger partial charge in [-0.05, 0) is 42.5 Å². The Morgan fingerprint density at radius 1 is 1.00 bits per heavy atom. The molecule has 0 amide bonds. The molecule has 0 atom stereocenters. The van der Waals surface area contributed by atoms with E-state index in [-0.39, 0.29) is 11.5 Å². The lowest BCUT2D eigenvalue weighted by molar-refractivity contribution is 0.104. The van der Waals surface area contributed by atoms with Gasteiger partial charge in [-0.2, -0.15) is 0 Å². The van der Waals surface area contributed by atoms with Gasteiger partial charge < -0.3 is 10.0 Å². The highest BCUT2D eigenvalue weighted by Crippen LogP contribution is 2.28. The van der Waals surface area contributed by atoms with Crippen molar-refractivity contribution in [1.82, 2.24) is 0 Å². The minimum Gasteiger partial charge on any atom is -0.507 e. The molecule has 4 heteroatoms. The fraction of sp³-hybridized carbons (Fsp3) is 0.111. The van der Waals surface area contributed by atoms with Gasteiger partial charge in [0.2, 0.25) is 0 Å². The van der Waals surface area contributed by atoms with Crippen LogP contribution in [0.25, 0.3) is 0 Å². The number of phenols is 1. The van der Waals surface area contributed by atoms with E-state index in [9.17, 15) is 9.90 Å². The number of hydrogen-bond donors (Lipinski definition) is 1. The van der Waals surface area contributed by atoms with Gasteiger partial charge in [-0.3, -0.25) is 4.79 Å². The fourth-order valence-electron chi connectivity index (χ4n) is 2.40. The third-order valence-electron chi connectivity index (χ3n) is 3.57. The first-order valence-electron chi connectivity index (χ1n) is 6.97. The SMILES string of the molecule is CN(C)c1ccc(N=C2C=CC(=O)c3cccc(O)c32)cc1. The summed E-state index contributed by atoms with van der Waals surface area (Å²) in [5.41, 5.74) is 3.42. The summed E-state index contributed by atoms with van der Waals surface area (Å²) in [5.74, 6) is -0.0494. The zero-order valence-electron chi connectivity index (χ0n) is 12.4. The Balaban J connectivity index is 2.05. The van der Waals surface area contributed by atoms with E-state index in [0.717, 1.165) is 11.4 Å². The molecule has 22 heavy (non-hydrogen) atoms. The highest BCUT2D eigenvalue weighted by Gasteiger charge is 2.20. The molecule has 0 aromatic heterocycles. The molecule has 0 aliphatic heterocycles. The first-order valence-corrected chi connectivity index (χ1v) is 6.97. The van der Waals surface area contributed by atoms with Crippen molar-refractivity contribution in [3.63, 3.8) is 0 Å². The summed E-state index contributed by atoms with van der Waals surface area (Å²) in [4.78, 5) is 18.5. The van der Waals surface area contributed by atoms with E-state index < -0.39 is 0 Å². The molecule has 0 saturated carbocycles. The Bertz CT molecular complexity index is 787. The molecule has 0 saturated heterocycles. The molecular weight excluding hydrogens is 276 g/mol. The van der Waals surface area contributed by atoms with Crippen LogP contribution in [-0.2, 0) is 0 Å². The van der Waals surface area contributed by atoms with Gasteiger partial charge in [0.05, 0.1) is 17.0 Å². The minimum atomic E-state index is -0.118. The smallest absolute Gasteiger partial charge is 0.186 e. The van der Waals surface area contributed by atoms with Crippen LogP contribution in [0.3, 0.4) is 0 Å². The van der Waals surface area contributed by atoms with Crippen molar-refractivity contribution in [3.05, 3.63) is 65.7 Å². The number of nitrogens with zero attached hydrogens (tertiary/aromatic N) is 2. The maximum Gasteiger partial charge on any atom is 0.186 e. The number of allylic oxidation sites excluding steroid dienone is 2. The molecule has 1 aliphatic carbocycles. The highest BCUT2D eigenvalue weighted by molar-refractivity contribution is 6.25. The molecular formula is C18H16N2O2. The Kier molecular flexibility index (Phi) is 3.51. The van der Waals surface area contributed by atoms with Crippen LogP contribution in [0.15, 0.2) is 59.6 Å². The lowest BCUT2D eigenvalue weighted by Gasteiger charge is -2.14. The normalized spacial score (nSPS) is 15.0. The average molecular weight is 292 g/mol. The molecule has 3 rings (SSSR count). The zero-order chi connectivity index (χ0) is 15.7. The largest absolute Gasteiger partial charge is 0.507 e. The van der Waals surface area contributed by atoms with Gasteiger partial charge in [-0.25, -0.2) is 4.99 Å². The second kappa shape index (κ2) is 5.48. The predicted molar refractivity (Wildman–Crippen MR) is 88.5 cm³/mol. The molecule has 0 bridgehead atoms. The quantitative estimate of drug-likeness (QED) is 0.923. The van der Waals surface area contributed by atoms with Gasteiger partial charge in [0.25, 0.3) is 0 Å². The van der Waals surface area contributed by atoms with Crippen molar-refractivity contribution >= 4 is 22.9 Å². The first kappa shape index (κ1) is 14.1. The second-order valence-electron chi connectivity index (χ2n) is 5.31. The number of aromatic hydroxyl groups is 1. The van der Waals surface area contributed by atoms with Crippen LogP contribution < -0.4 is 4.90 Å². The molecule has 0 unspecified atom stereocenters. The number of aliphatic imine (C=N–C) groups is 1. The number of carbonyl (C=O) groups is 1. The summed E-state index contributed by atoms with van der Waals surface area (Å²) >= 11 is 0. The van der Waals surface area contributed by atoms with Crippen molar-refractivity contribution < 1.29 is 9.90 Å². The van der Waals surface area contributed by atoms with E-state index >= 15 is 0 Å². The average Bonchev–Trinajstić information content (AvgIpc) is 2.51. The van der Waals surface area contributed by atoms with Crippen LogP contribution in [0.5, 0.6) is 5.75 Å². The lowest BCUT2D eigenvalue weighted by atomic mass is 9.93. The topological polar surface area (TPSA) is 52.9 Å². The first-order chi connectivity index (χ1) is 10.6. The molecule has 2 aromatic rings. The van der Waals surface area contributed by atoms with Crippen LogP contribution in [0.2, 0.25) is 0 Å². The van der Waals surface area contributed by atoms with Gasteiger partial charge in [-0.15, -0.1) is 0 Å². The number of anilines is 1. The van der Waals surface area contributed by atoms with Crippen molar-refractivity contribution in [1.29, 1.82) is 0 Å². The highest BCUT2D eigenvalue weighted by atomic mass is 16.3. The van der Waals surface area contributed by atoms with Crippen molar-refractivity contribution in [2.45, 2.75) is 0 Å². The van der Waals surface area contributed by atoms with E-state index in [2.05, 4.69) is 4.99 Å². The zero-order valence-corrected chi connectivity index (χ0v) is 12.4. The molecule has 0 fully saturated rings. The molecule has 110 valence electrons. The summed E-state index contributed by atoms with van der Waals surface area (Å²) < 4.78 is 0. The summed E-state index contributed by atoms with van der Waals surface area (Å²) in [5, 5.41) is 10.1. The van der Waals surface area contributed by atoms with Gasteiger partial charge >= 0.3 is 0 Å².